The minimum Gasteiger partial charge on any atom is -0.382 e. The monoisotopic (exact) mass is 529 g/mol. The first-order valence-electron chi connectivity index (χ1n) is 13.0. The van der Waals surface area contributed by atoms with E-state index in [2.05, 4.69) is 21.9 Å². The van der Waals surface area contributed by atoms with Crippen LogP contribution in [0.25, 0.3) is 11.2 Å². The zero-order valence-corrected chi connectivity index (χ0v) is 23.2. The molecule has 0 amide bonds. The highest BCUT2D eigenvalue weighted by atomic mass is 32.2. The van der Waals surface area contributed by atoms with Gasteiger partial charge in [-0.25, -0.2) is 15.0 Å². The number of fused-ring (bicyclic) bond motifs is 1. The van der Waals surface area contributed by atoms with E-state index in [1.807, 2.05) is 18.7 Å². The van der Waals surface area contributed by atoms with Crippen molar-refractivity contribution in [2.24, 2.45) is 0 Å². The van der Waals surface area contributed by atoms with Gasteiger partial charge in [0.2, 0.25) is 0 Å². The molecule has 9 nitrogen and oxygen atoms in total. The molecule has 11 heteroatoms. The summed E-state index contributed by atoms with van der Waals surface area (Å²) in [5, 5.41) is 0. The van der Waals surface area contributed by atoms with Gasteiger partial charge in [0.25, 0.3) is 0 Å². The fourth-order valence-electron chi connectivity index (χ4n) is 3.78. The number of hydrogen-bond acceptors (Lipinski definition) is 8. The lowest BCUT2D eigenvalue weighted by molar-refractivity contribution is 0.0718. The van der Waals surface area contributed by atoms with Crippen molar-refractivity contribution >= 4 is 36.3 Å². The molecular formula is C24H44N5O4PS. The quantitative estimate of drug-likeness (QED) is 0.147. The molecule has 0 saturated carbocycles. The Morgan fingerprint density at radius 1 is 1.03 bits per heavy atom. The summed E-state index contributed by atoms with van der Waals surface area (Å²) in [4.78, 5) is 22.4. The summed E-state index contributed by atoms with van der Waals surface area (Å²) < 4.78 is 24.8. The molecule has 0 spiro atoms. The maximum atomic E-state index is 12.3. The van der Waals surface area contributed by atoms with Gasteiger partial charge in [-0.3, -0.25) is 4.57 Å². The fraction of sp³-hybridized carbons (Fsp3) is 0.792. The van der Waals surface area contributed by atoms with Gasteiger partial charge in [0.1, 0.15) is 18.2 Å². The van der Waals surface area contributed by atoms with Gasteiger partial charge < -0.3 is 24.5 Å². The third-order valence-electron chi connectivity index (χ3n) is 5.77. The van der Waals surface area contributed by atoms with E-state index in [0.29, 0.717) is 23.5 Å². The number of imidazole rings is 1. The third kappa shape index (κ3) is 12.6. The maximum absolute atomic E-state index is 12.3. The molecule has 35 heavy (non-hydrogen) atoms. The van der Waals surface area contributed by atoms with E-state index >= 15 is 0 Å². The van der Waals surface area contributed by atoms with Gasteiger partial charge in [-0.05, 0) is 31.3 Å². The van der Waals surface area contributed by atoms with Gasteiger partial charge in [-0.1, -0.05) is 64.7 Å². The second-order valence-corrected chi connectivity index (χ2v) is 12.1. The number of anilines is 1. The first-order valence-corrected chi connectivity index (χ1v) is 15.9. The molecule has 0 saturated heterocycles. The van der Waals surface area contributed by atoms with Crippen molar-refractivity contribution < 1.29 is 18.7 Å². The van der Waals surface area contributed by atoms with Gasteiger partial charge in [0.15, 0.2) is 11.5 Å². The van der Waals surface area contributed by atoms with E-state index < -0.39 is 7.60 Å². The Bertz CT molecular complexity index is 885. The Morgan fingerprint density at radius 3 is 2.40 bits per heavy atom. The number of unbranched alkanes of at least 4 members (excludes halogenated alkanes) is 9. The second kappa shape index (κ2) is 17.3. The topological polar surface area (TPSA) is 125 Å². The van der Waals surface area contributed by atoms with Crippen molar-refractivity contribution in [2.45, 2.75) is 97.1 Å². The highest BCUT2D eigenvalue weighted by Gasteiger charge is 2.21. The van der Waals surface area contributed by atoms with Gasteiger partial charge >= 0.3 is 7.60 Å². The molecule has 200 valence electrons. The number of ether oxygens (including phenoxy) is 1. The number of hydrogen-bond donors (Lipinski definition) is 2. The molecule has 0 aliphatic rings. The zero-order valence-electron chi connectivity index (χ0n) is 21.4. The Kier molecular flexibility index (Phi) is 14.8. The Labute approximate surface area is 214 Å². The lowest BCUT2D eigenvalue weighted by Gasteiger charge is -2.17. The molecule has 2 heterocycles. The van der Waals surface area contributed by atoms with Crippen LogP contribution in [0.3, 0.4) is 0 Å². The standard InChI is InChI=1S/C24H44N5O4PS/c1-3-4-5-6-7-8-9-10-11-12-15-35-16-13-14-33-34(30,31)20-32-21(2)17-29-19-28-22-23(25)26-18-27-24(22)29/h18-19,21H,3-17,20H2,1-2H3,(H,30,31)(H2,25,26,27)/t21-/m1/s1. The van der Waals surface area contributed by atoms with Crippen LogP contribution in [0.4, 0.5) is 5.82 Å². The lowest BCUT2D eigenvalue weighted by Crippen LogP contribution is -2.17. The summed E-state index contributed by atoms with van der Waals surface area (Å²) in [7, 11) is -3.78. The zero-order chi connectivity index (χ0) is 25.4. The number of nitrogens with two attached hydrogens (primary N) is 1. The molecule has 0 bridgehead atoms. The minimum atomic E-state index is -3.78. The first kappa shape index (κ1) is 30.0. The normalized spacial score (nSPS) is 14.4. The van der Waals surface area contributed by atoms with E-state index in [-0.39, 0.29) is 19.1 Å². The number of thioether (sulfide) groups is 1. The molecule has 0 aromatic carbocycles. The van der Waals surface area contributed by atoms with Gasteiger partial charge in [0, 0.05) is 0 Å². The van der Waals surface area contributed by atoms with Crippen molar-refractivity contribution in [3.8, 4) is 0 Å². The summed E-state index contributed by atoms with van der Waals surface area (Å²) in [6.45, 7) is 4.76. The van der Waals surface area contributed by atoms with Crippen LogP contribution >= 0.6 is 19.4 Å². The molecule has 2 atom stereocenters. The van der Waals surface area contributed by atoms with Crippen LogP contribution in [0.5, 0.6) is 0 Å². The van der Waals surface area contributed by atoms with E-state index in [4.69, 9.17) is 15.0 Å². The van der Waals surface area contributed by atoms with E-state index in [0.717, 1.165) is 17.9 Å². The molecule has 1 unspecified atom stereocenters. The molecular weight excluding hydrogens is 485 g/mol. The van der Waals surface area contributed by atoms with Crippen LogP contribution in [0.2, 0.25) is 0 Å². The van der Waals surface area contributed by atoms with Crippen LogP contribution in [0.1, 0.15) is 84.5 Å². The lowest BCUT2D eigenvalue weighted by atomic mass is 10.1. The van der Waals surface area contributed by atoms with Crippen LogP contribution in [0.15, 0.2) is 12.7 Å². The van der Waals surface area contributed by atoms with E-state index in [9.17, 15) is 9.46 Å². The van der Waals surface area contributed by atoms with Gasteiger partial charge in [0.05, 0.1) is 25.6 Å². The molecule has 2 rings (SSSR count). The van der Waals surface area contributed by atoms with Crippen molar-refractivity contribution in [3.05, 3.63) is 12.7 Å². The number of rotatable bonds is 21. The summed E-state index contributed by atoms with van der Waals surface area (Å²) in [6.07, 6.45) is 16.6. The summed E-state index contributed by atoms with van der Waals surface area (Å²) in [5.74, 6) is 2.40. The smallest absolute Gasteiger partial charge is 0.353 e. The van der Waals surface area contributed by atoms with Crippen LogP contribution < -0.4 is 5.73 Å². The van der Waals surface area contributed by atoms with Crippen LogP contribution in [0, 0.1) is 0 Å². The largest absolute Gasteiger partial charge is 0.382 e. The van der Waals surface area contributed by atoms with Crippen molar-refractivity contribution in [3.63, 3.8) is 0 Å². The van der Waals surface area contributed by atoms with Crippen LogP contribution in [-0.4, -0.2) is 55.0 Å². The maximum Gasteiger partial charge on any atom is 0.353 e. The third-order valence-corrected chi connectivity index (χ3v) is 7.99. The summed E-state index contributed by atoms with van der Waals surface area (Å²) in [5.41, 5.74) is 6.93. The molecule has 0 radical (unpaired) electrons. The first-order chi connectivity index (χ1) is 16.9. The van der Waals surface area contributed by atoms with Crippen molar-refractivity contribution in [1.29, 1.82) is 0 Å². The molecule has 2 aromatic heterocycles. The number of nitrogens with zero attached hydrogens (tertiary/aromatic N) is 4. The van der Waals surface area contributed by atoms with Crippen molar-refractivity contribution in [1.82, 2.24) is 19.5 Å². The molecule has 0 fully saturated rings. The predicted octanol–water partition coefficient (Wildman–Crippen LogP) is 6.02. The Morgan fingerprint density at radius 2 is 1.69 bits per heavy atom. The number of aromatic nitrogens is 4. The molecule has 0 aliphatic carbocycles. The molecule has 2 aromatic rings. The van der Waals surface area contributed by atoms with Gasteiger partial charge in [-0.15, -0.1) is 0 Å². The highest BCUT2D eigenvalue weighted by molar-refractivity contribution is 7.99. The predicted molar refractivity (Wildman–Crippen MR) is 145 cm³/mol. The van der Waals surface area contributed by atoms with E-state index in [1.54, 1.807) is 10.9 Å². The van der Waals surface area contributed by atoms with Crippen molar-refractivity contribution in [2.75, 3.05) is 30.2 Å². The summed E-state index contributed by atoms with van der Waals surface area (Å²) in [6, 6.07) is 0. The average Bonchev–Trinajstić information content (AvgIpc) is 3.24. The summed E-state index contributed by atoms with van der Waals surface area (Å²) >= 11 is 1.89. The average molecular weight is 530 g/mol. The van der Waals surface area contributed by atoms with E-state index in [1.165, 1.54) is 70.5 Å². The highest BCUT2D eigenvalue weighted by Crippen LogP contribution is 2.42. The van der Waals surface area contributed by atoms with Crippen LogP contribution in [-0.2, 0) is 20.4 Å². The number of nitrogen functional groups attached to an aromatic ring is 1. The second-order valence-electron chi connectivity index (χ2n) is 9.05. The molecule has 3 N–H and O–H groups in total. The Hall–Kier alpha value is -1.19. The molecule has 0 aliphatic heterocycles. The Balaban J connectivity index is 1.46. The minimum absolute atomic E-state index is 0.263. The van der Waals surface area contributed by atoms with Gasteiger partial charge in [-0.2, -0.15) is 11.8 Å². The fourth-order valence-corrected chi connectivity index (χ4v) is 5.65. The SMILES string of the molecule is CCCCCCCCCCCCSCCCOP(=O)(O)CO[C@H](C)Cn1cnc2c(N)ncnc21.